The standard InChI is InChI=1S/C20H34N2O6/c1-18(2,3)28-17(25)21-14(20(6,7)27-9)15(23)22-10-11-12(19(11,4)5)13(22)16(24)26-8/h11-14H,10H2,1-9H3,(H,21,25)/t11-,12-,13-,14+/m0/s1. The molecule has 0 aromatic carbocycles. The van der Waals surface area contributed by atoms with E-state index >= 15 is 0 Å². The number of nitrogens with zero attached hydrogens (tertiary/aromatic N) is 1. The van der Waals surface area contributed by atoms with Crippen molar-refractivity contribution in [2.75, 3.05) is 20.8 Å². The van der Waals surface area contributed by atoms with Gasteiger partial charge in [0.2, 0.25) is 5.91 Å². The van der Waals surface area contributed by atoms with Crippen LogP contribution < -0.4 is 5.32 Å². The second-order valence-corrected chi connectivity index (χ2v) is 9.80. The molecule has 0 spiro atoms. The highest BCUT2D eigenvalue weighted by Crippen LogP contribution is 2.65. The van der Waals surface area contributed by atoms with Gasteiger partial charge in [0, 0.05) is 19.6 Å². The molecule has 0 radical (unpaired) electrons. The van der Waals surface area contributed by atoms with Crippen LogP contribution in [0, 0.1) is 17.3 Å². The number of esters is 1. The predicted molar refractivity (Wildman–Crippen MR) is 103 cm³/mol. The van der Waals surface area contributed by atoms with Crippen LogP contribution in [-0.4, -0.2) is 66.9 Å². The van der Waals surface area contributed by atoms with Gasteiger partial charge in [-0.2, -0.15) is 0 Å². The highest BCUT2D eigenvalue weighted by Gasteiger charge is 2.70. The Morgan fingerprint density at radius 2 is 1.68 bits per heavy atom. The molecule has 1 N–H and O–H groups in total. The molecule has 1 aliphatic heterocycles. The third kappa shape index (κ3) is 4.11. The van der Waals surface area contributed by atoms with E-state index in [0.717, 1.165) is 0 Å². The summed E-state index contributed by atoms with van der Waals surface area (Å²) in [6.45, 7) is 13.3. The first-order chi connectivity index (χ1) is 12.7. The summed E-state index contributed by atoms with van der Waals surface area (Å²) in [5, 5.41) is 2.64. The van der Waals surface area contributed by atoms with Crippen molar-refractivity contribution in [2.24, 2.45) is 17.3 Å². The Bertz CT molecular complexity index is 652. The van der Waals surface area contributed by atoms with Gasteiger partial charge in [0.1, 0.15) is 17.7 Å². The topological polar surface area (TPSA) is 94.2 Å². The van der Waals surface area contributed by atoms with Crippen molar-refractivity contribution in [3.63, 3.8) is 0 Å². The van der Waals surface area contributed by atoms with E-state index in [9.17, 15) is 14.4 Å². The van der Waals surface area contributed by atoms with Gasteiger partial charge in [0.25, 0.3) is 0 Å². The summed E-state index contributed by atoms with van der Waals surface area (Å²) in [4.78, 5) is 39.7. The van der Waals surface area contributed by atoms with Gasteiger partial charge in [-0.05, 0) is 46.0 Å². The summed E-state index contributed by atoms with van der Waals surface area (Å²) in [6, 6.07) is -1.67. The van der Waals surface area contributed by atoms with E-state index in [1.54, 1.807) is 34.6 Å². The second-order valence-electron chi connectivity index (χ2n) is 9.80. The number of carbonyl (C=O) groups excluding carboxylic acids is 3. The van der Waals surface area contributed by atoms with Crippen molar-refractivity contribution in [3.8, 4) is 0 Å². The molecule has 160 valence electrons. The number of methoxy groups -OCH3 is 2. The van der Waals surface area contributed by atoms with Crippen LogP contribution in [0.15, 0.2) is 0 Å². The summed E-state index contributed by atoms with van der Waals surface area (Å²) in [7, 11) is 2.79. The van der Waals surface area contributed by atoms with Gasteiger partial charge in [-0.1, -0.05) is 13.8 Å². The molecular weight excluding hydrogens is 364 g/mol. The molecule has 2 amide bonds. The van der Waals surface area contributed by atoms with E-state index in [0.29, 0.717) is 6.54 Å². The Balaban J connectivity index is 2.27. The summed E-state index contributed by atoms with van der Waals surface area (Å²) in [5.41, 5.74) is -1.72. The number of carbonyl (C=O) groups is 3. The molecule has 2 rings (SSSR count). The molecule has 0 aromatic rings. The Morgan fingerprint density at radius 3 is 2.14 bits per heavy atom. The number of hydrogen-bond acceptors (Lipinski definition) is 6. The molecule has 2 fully saturated rings. The smallest absolute Gasteiger partial charge is 0.408 e. The van der Waals surface area contributed by atoms with Crippen molar-refractivity contribution in [3.05, 3.63) is 0 Å². The van der Waals surface area contributed by atoms with Gasteiger partial charge < -0.3 is 24.4 Å². The molecular formula is C20H34N2O6. The summed E-state index contributed by atoms with van der Waals surface area (Å²) in [6.07, 6.45) is -0.713. The highest BCUT2D eigenvalue weighted by atomic mass is 16.6. The van der Waals surface area contributed by atoms with Crippen LogP contribution in [0.1, 0.15) is 48.5 Å². The Morgan fingerprint density at radius 1 is 1.11 bits per heavy atom. The Kier molecular flexibility index (Phi) is 5.78. The van der Waals surface area contributed by atoms with E-state index in [1.165, 1.54) is 19.1 Å². The summed E-state index contributed by atoms with van der Waals surface area (Å²) in [5.74, 6) is -0.529. The van der Waals surface area contributed by atoms with Gasteiger partial charge in [-0.25, -0.2) is 9.59 Å². The summed E-state index contributed by atoms with van der Waals surface area (Å²) < 4.78 is 15.8. The van der Waals surface area contributed by atoms with Crippen LogP contribution in [0.4, 0.5) is 4.79 Å². The van der Waals surface area contributed by atoms with E-state index in [4.69, 9.17) is 14.2 Å². The SMILES string of the molecule is COC(=O)[C@@H]1[C@@H]2[C@H](CN1C(=O)[C@@H](NC(=O)OC(C)(C)C)C(C)(C)OC)C2(C)C. The van der Waals surface area contributed by atoms with E-state index in [2.05, 4.69) is 19.2 Å². The zero-order valence-electron chi connectivity index (χ0n) is 18.4. The molecule has 0 bridgehead atoms. The van der Waals surface area contributed by atoms with Gasteiger partial charge >= 0.3 is 12.1 Å². The van der Waals surface area contributed by atoms with Crippen molar-refractivity contribution in [2.45, 2.75) is 71.8 Å². The minimum absolute atomic E-state index is 0.0134. The van der Waals surface area contributed by atoms with E-state index in [1.807, 2.05) is 0 Å². The van der Waals surface area contributed by atoms with Gasteiger partial charge in [-0.3, -0.25) is 4.79 Å². The maximum atomic E-state index is 13.4. The molecule has 0 aromatic heterocycles. The number of amides is 2. The molecule has 1 saturated heterocycles. The Labute approximate surface area is 167 Å². The lowest BCUT2D eigenvalue weighted by Gasteiger charge is -2.38. The molecule has 8 nitrogen and oxygen atoms in total. The molecule has 8 heteroatoms. The lowest BCUT2D eigenvalue weighted by atomic mass is 9.95. The molecule has 28 heavy (non-hydrogen) atoms. The van der Waals surface area contributed by atoms with Gasteiger partial charge in [0.15, 0.2) is 0 Å². The average molecular weight is 399 g/mol. The lowest BCUT2D eigenvalue weighted by Crippen LogP contribution is -2.62. The van der Waals surface area contributed by atoms with Gasteiger partial charge in [-0.15, -0.1) is 0 Å². The van der Waals surface area contributed by atoms with Crippen molar-refractivity contribution in [1.29, 1.82) is 0 Å². The van der Waals surface area contributed by atoms with Crippen LogP contribution in [0.3, 0.4) is 0 Å². The van der Waals surface area contributed by atoms with Crippen LogP contribution in [0.5, 0.6) is 0 Å². The molecule has 0 unspecified atom stereocenters. The minimum atomic E-state index is -1.01. The fraction of sp³-hybridized carbons (Fsp3) is 0.850. The Hall–Kier alpha value is -1.83. The third-order valence-electron chi connectivity index (χ3n) is 6.06. The molecule has 2 aliphatic rings. The maximum absolute atomic E-state index is 13.4. The first-order valence-corrected chi connectivity index (χ1v) is 9.60. The number of rotatable bonds is 5. The number of nitrogens with one attached hydrogen (secondary N) is 1. The van der Waals surface area contributed by atoms with Crippen LogP contribution in [0.2, 0.25) is 0 Å². The molecule has 1 saturated carbocycles. The number of fused-ring (bicyclic) bond motifs is 1. The van der Waals surface area contributed by atoms with E-state index in [-0.39, 0.29) is 23.2 Å². The monoisotopic (exact) mass is 398 g/mol. The quantitative estimate of drug-likeness (QED) is 0.712. The third-order valence-corrected chi connectivity index (χ3v) is 6.06. The zero-order chi connectivity index (χ0) is 21.7. The minimum Gasteiger partial charge on any atom is -0.467 e. The van der Waals surface area contributed by atoms with Gasteiger partial charge in [0.05, 0.1) is 12.7 Å². The van der Waals surface area contributed by atoms with Crippen molar-refractivity contribution in [1.82, 2.24) is 10.2 Å². The first kappa shape index (κ1) is 22.5. The predicted octanol–water partition coefficient (Wildman–Crippen LogP) is 1.96. The normalized spacial score (nSPS) is 26.9. The number of alkyl carbamates (subject to hydrolysis) is 1. The number of piperidine rings is 1. The molecule has 1 heterocycles. The molecule has 4 atom stereocenters. The number of likely N-dealkylation sites (tertiary alicyclic amines) is 1. The van der Waals surface area contributed by atoms with E-state index < -0.39 is 35.3 Å². The van der Waals surface area contributed by atoms with Crippen LogP contribution in [-0.2, 0) is 23.8 Å². The highest BCUT2D eigenvalue weighted by molar-refractivity contribution is 5.92. The fourth-order valence-electron chi connectivity index (χ4n) is 4.15. The number of ether oxygens (including phenoxy) is 3. The fourth-order valence-corrected chi connectivity index (χ4v) is 4.15. The zero-order valence-corrected chi connectivity index (χ0v) is 18.4. The van der Waals surface area contributed by atoms with Crippen molar-refractivity contribution < 1.29 is 28.6 Å². The van der Waals surface area contributed by atoms with Crippen LogP contribution in [0.25, 0.3) is 0 Å². The second kappa shape index (κ2) is 7.21. The van der Waals surface area contributed by atoms with Crippen LogP contribution >= 0.6 is 0 Å². The average Bonchev–Trinajstić information content (AvgIpc) is 2.94. The van der Waals surface area contributed by atoms with Crippen molar-refractivity contribution >= 4 is 18.0 Å². The first-order valence-electron chi connectivity index (χ1n) is 9.60. The lowest BCUT2D eigenvalue weighted by molar-refractivity contribution is -0.156. The number of hydrogen-bond donors (Lipinski definition) is 1. The summed E-state index contributed by atoms with van der Waals surface area (Å²) >= 11 is 0. The maximum Gasteiger partial charge on any atom is 0.408 e. The largest absolute Gasteiger partial charge is 0.467 e. The molecule has 1 aliphatic carbocycles.